The highest BCUT2D eigenvalue weighted by Gasteiger charge is 2.23. The molecule has 1 aliphatic rings. The number of benzene rings is 2. The standard InChI is InChI=1S/C18H18N2O4/c1-23-15-5-3-2-4-13(15)10-17(21)20-14-8-6-12(7-9-14)16-11-19-18(22)24-16/h2-9,16H,10-11H2,1H3,(H,19,22)(H,20,21). The van der Waals surface area contributed by atoms with Gasteiger partial charge in [-0.25, -0.2) is 4.79 Å². The number of hydrogen-bond donors (Lipinski definition) is 2. The molecule has 0 spiro atoms. The van der Waals surface area contributed by atoms with Crippen LogP contribution in [0.2, 0.25) is 0 Å². The quantitative estimate of drug-likeness (QED) is 0.885. The van der Waals surface area contributed by atoms with Crippen LogP contribution in [0.4, 0.5) is 10.5 Å². The van der Waals surface area contributed by atoms with E-state index in [1.54, 1.807) is 19.2 Å². The summed E-state index contributed by atoms with van der Waals surface area (Å²) >= 11 is 0. The predicted molar refractivity (Wildman–Crippen MR) is 89.0 cm³/mol. The summed E-state index contributed by atoms with van der Waals surface area (Å²) in [4.78, 5) is 23.3. The highest BCUT2D eigenvalue weighted by atomic mass is 16.6. The Bertz CT molecular complexity index is 743. The van der Waals surface area contributed by atoms with Crippen molar-refractivity contribution < 1.29 is 19.1 Å². The van der Waals surface area contributed by atoms with Crippen LogP contribution >= 0.6 is 0 Å². The van der Waals surface area contributed by atoms with E-state index in [4.69, 9.17) is 9.47 Å². The fraction of sp³-hybridized carbons (Fsp3) is 0.222. The predicted octanol–water partition coefficient (Wildman–Crippen LogP) is 2.66. The number of nitrogens with one attached hydrogen (secondary N) is 2. The van der Waals surface area contributed by atoms with Crippen molar-refractivity contribution in [3.63, 3.8) is 0 Å². The molecule has 2 amide bonds. The van der Waals surface area contributed by atoms with Crippen molar-refractivity contribution in [1.82, 2.24) is 5.32 Å². The van der Waals surface area contributed by atoms with Gasteiger partial charge in [0, 0.05) is 11.3 Å². The van der Waals surface area contributed by atoms with Crippen LogP contribution in [0, 0.1) is 0 Å². The lowest BCUT2D eigenvalue weighted by Crippen LogP contribution is -2.15. The lowest BCUT2D eigenvalue weighted by molar-refractivity contribution is -0.115. The molecule has 24 heavy (non-hydrogen) atoms. The van der Waals surface area contributed by atoms with Gasteiger partial charge in [-0.15, -0.1) is 0 Å². The Morgan fingerprint density at radius 3 is 2.67 bits per heavy atom. The van der Waals surface area contributed by atoms with Gasteiger partial charge in [-0.3, -0.25) is 4.79 Å². The zero-order chi connectivity index (χ0) is 16.9. The van der Waals surface area contributed by atoms with Crippen molar-refractivity contribution in [2.24, 2.45) is 0 Å². The summed E-state index contributed by atoms with van der Waals surface area (Å²) in [5, 5.41) is 5.46. The third-order valence-electron chi connectivity index (χ3n) is 3.79. The van der Waals surface area contributed by atoms with Crippen molar-refractivity contribution in [3.8, 4) is 5.75 Å². The first-order valence-electron chi connectivity index (χ1n) is 7.62. The van der Waals surface area contributed by atoms with Gasteiger partial charge in [0.2, 0.25) is 5.91 Å². The maximum atomic E-state index is 12.2. The van der Waals surface area contributed by atoms with Crippen molar-refractivity contribution in [2.45, 2.75) is 12.5 Å². The van der Waals surface area contributed by atoms with Gasteiger partial charge in [0.15, 0.2) is 0 Å². The summed E-state index contributed by atoms with van der Waals surface area (Å²) in [7, 11) is 1.58. The molecule has 0 radical (unpaired) electrons. The normalized spacial score (nSPS) is 16.2. The molecule has 6 nitrogen and oxygen atoms in total. The van der Waals surface area contributed by atoms with Gasteiger partial charge in [0.05, 0.1) is 20.1 Å². The molecule has 2 N–H and O–H groups in total. The number of para-hydroxylation sites is 1. The van der Waals surface area contributed by atoms with Gasteiger partial charge < -0.3 is 20.1 Å². The van der Waals surface area contributed by atoms with E-state index < -0.39 is 6.09 Å². The molecule has 1 heterocycles. The van der Waals surface area contributed by atoms with Gasteiger partial charge in [-0.05, 0) is 23.8 Å². The average molecular weight is 326 g/mol. The fourth-order valence-corrected chi connectivity index (χ4v) is 2.58. The van der Waals surface area contributed by atoms with Crippen LogP contribution in [-0.2, 0) is 16.0 Å². The Morgan fingerprint density at radius 1 is 1.25 bits per heavy atom. The maximum absolute atomic E-state index is 12.2. The Morgan fingerprint density at radius 2 is 2.00 bits per heavy atom. The summed E-state index contributed by atoms with van der Waals surface area (Å²) in [6, 6.07) is 14.7. The Kier molecular flexibility index (Phi) is 4.65. The number of rotatable bonds is 5. The van der Waals surface area contributed by atoms with E-state index in [2.05, 4.69) is 10.6 Å². The molecule has 1 unspecified atom stereocenters. The number of ether oxygens (including phenoxy) is 2. The topological polar surface area (TPSA) is 76.7 Å². The van der Waals surface area contributed by atoms with Crippen LogP contribution in [-0.4, -0.2) is 25.7 Å². The summed E-state index contributed by atoms with van der Waals surface area (Å²) in [5.41, 5.74) is 2.41. The Hall–Kier alpha value is -3.02. The zero-order valence-electron chi connectivity index (χ0n) is 13.2. The average Bonchev–Trinajstić information content (AvgIpc) is 3.02. The third-order valence-corrected chi connectivity index (χ3v) is 3.79. The van der Waals surface area contributed by atoms with E-state index >= 15 is 0 Å². The minimum Gasteiger partial charge on any atom is -0.496 e. The molecule has 6 heteroatoms. The van der Waals surface area contributed by atoms with E-state index in [0.29, 0.717) is 18.0 Å². The Labute approximate surface area is 139 Å². The largest absolute Gasteiger partial charge is 0.496 e. The number of alkyl carbamates (subject to hydrolysis) is 1. The molecule has 124 valence electrons. The van der Waals surface area contributed by atoms with Crippen molar-refractivity contribution >= 4 is 17.7 Å². The molecule has 3 rings (SSSR count). The van der Waals surface area contributed by atoms with Gasteiger partial charge >= 0.3 is 6.09 Å². The van der Waals surface area contributed by atoms with Crippen molar-refractivity contribution in [2.75, 3.05) is 19.0 Å². The fourth-order valence-electron chi connectivity index (χ4n) is 2.58. The minimum absolute atomic E-state index is 0.124. The van der Waals surface area contributed by atoms with Crippen LogP contribution in [0.1, 0.15) is 17.2 Å². The molecule has 2 aromatic rings. The van der Waals surface area contributed by atoms with Crippen LogP contribution in [0.3, 0.4) is 0 Å². The Balaban J connectivity index is 1.61. The van der Waals surface area contributed by atoms with E-state index in [0.717, 1.165) is 11.1 Å². The zero-order valence-corrected chi connectivity index (χ0v) is 13.2. The number of anilines is 1. The number of carbonyl (C=O) groups is 2. The van der Waals surface area contributed by atoms with Crippen LogP contribution in [0.5, 0.6) is 5.75 Å². The van der Waals surface area contributed by atoms with Gasteiger partial charge in [0.25, 0.3) is 0 Å². The molecule has 2 aromatic carbocycles. The highest BCUT2D eigenvalue weighted by molar-refractivity contribution is 5.92. The summed E-state index contributed by atoms with van der Waals surface area (Å²) in [6.45, 7) is 0.457. The second-order valence-electron chi connectivity index (χ2n) is 5.43. The first kappa shape index (κ1) is 15.9. The second-order valence-corrected chi connectivity index (χ2v) is 5.43. The number of hydrogen-bond acceptors (Lipinski definition) is 4. The molecule has 1 fully saturated rings. The SMILES string of the molecule is COc1ccccc1CC(=O)Nc1ccc(C2CNC(=O)O2)cc1. The number of cyclic esters (lactones) is 1. The van der Waals surface area contributed by atoms with Crippen molar-refractivity contribution in [3.05, 3.63) is 59.7 Å². The lowest BCUT2D eigenvalue weighted by atomic mass is 10.1. The van der Waals surface area contributed by atoms with Crippen molar-refractivity contribution in [1.29, 1.82) is 0 Å². The highest BCUT2D eigenvalue weighted by Crippen LogP contribution is 2.23. The molecular formula is C18H18N2O4. The monoisotopic (exact) mass is 326 g/mol. The first-order valence-corrected chi connectivity index (χ1v) is 7.62. The van der Waals surface area contributed by atoms with Crippen LogP contribution in [0.25, 0.3) is 0 Å². The van der Waals surface area contributed by atoms with Gasteiger partial charge in [0.1, 0.15) is 11.9 Å². The third kappa shape index (κ3) is 3.65. The number of methoxy groups -OCH3 is 1. The summed E-state index contributed by atoms with van der Waals surface area (Å²) in [5.74, 6) is 0.569. The number of amides is 2. The molecule has 0 aromatic heterocycles. The van der Waals surface area contributed by atoms with E-state index in [9.17, 15) is 9.59 Å². The maximum Gasteiger partial charge on any atom is 0.407 e. The molecule has 0 bridgehead atoms. The lowest BCUT2D eigenvalue weighted by Gasteiger charge is -2.11. The molecular weight excluding hydrogens is 308 g/mol. The molecule has 1 saturated heterocycles. The molecule has 0 saturated carbocycles. The van der Waals surface area contributed by atoms with E-state index in [1.165, 1.54) is 0 Å². The minimum atomic E-state index is -0.408. The second kappa shape index (κ2) is 7.04. The smallest absolute Gasteiger partial charge is 0.407 e. The number of carbonyl (C=O) groups excluding carboxylic acids is 2. The summed E-state index contributed by atoms with van der Waals surface area (Å²) < 4.78 is 10.4. The molecule has 0 aliphatic carbocycles. The van der Waals surface area contributed by atoms with Crippen LogP contribution < -0.4 is 15.4 Å². The van der Waals surface area contributed by atoms with Gasteiger partial charge in [-0.2, -0.15) is 0 Å². The first-order chi connectivity index (χ1) is 11.7. The van der Waals surface area contributed by atoms with Gasteiger partial charge in [-0.1, -0.05) is 30.3 Å². The molecule has 1 aliphatic heterocycles. The van der Waals surface area contributed by atoms with Crippen LogP contribution in [0.15, 0.2) is 48.5 Å². The molecule has 1 atom stereocenters. The summed E-state index contributed by atoms with van der Waals surface area (Å²) in [6.07, 6.45) is -0.458. The van der Waals surface area contributed by atoms with E-state index in [-0.39, 0.29) is 18.4 Å². The van der Waals surface area contributed by atoms with E-state index in [1.807, 2.05) is 36.4 Å².